The highest BCUT2D eigenvalue weighted by Gasteiger charge is 2.37. The van der Waals surface area contributed by atoms with Crippen LogP contribution in [-0.4, -0.2) is 56.8 Å². The number of hydrogen-bond acceptors (Lipinski definition) is 8. The van der Waals surface area contributed by atoms with Crippen molar-refractivity contribution in [2.75, 3.05) is 25.1 Å². The number of fused-ring (bicyclic) bond motifs is 2. The quantitative estimate of drug-likeness (QED) is 0.439. The van der Waals surface area contributed by atoms with Crippen LogP contribution >= 0.6 is 0 Å². The first kappa shape index (κ1) is 20.0. The molecule has 3 N–H and O–H groups in total. The van der Waals surface area contributed by atoms with E-state index in [0.29, 0.717) is 36.2 Å². The van der Waals surface area contributed by atoms with Crippen LogP contribution in [0.5, 0.6) is 11.5 Å². The zero-order chi connectivity index (χ0) is 22.4. The second kappa shape index (κ2) is 8.04. The van der Waals surface area contributed by atoms with Crippen molar-refractivity contribution in [1.82, 2.24) is 14.5 Å². The number of ether oxygens (including phenoxy) is 3. The van der Waals surface area contributed by atoms with E-state index in [1.165, 1.54) is 6.33 Å². The molecule has 0 spiro atoms. The Kier molecular flexibility index (Phi) is 4.87. The molecule has 4 heterocycles. The lowest BCUT2D eigenvalue weighted by Crippen LogP contribution is -2.28. The summed E-state index contributed by atoms with van der Waals surface area (Å²) in [6.45, 7) is 1.09. The summed E-state index contributed by atoms with van der Waals surface area (Å²) in [4.78, 5) is 9.01. The smallest absolute Gasteiger partial charge is 0.164 e. The number of nitrogens with zero attached hydrogens (tertiary/aromatic N) is 3. The van der Waals surface area contributed by atoms with Gasteiger partial charge in [-0.05, 0) is 17.7 Å². The van der Waals surface area contributed by atoms with Gasteiger partial charge in [-0.3, -0.25) is 0 Å². The second-order valence-corrected chi connectivity index (χ2v) is 8.00. The number of anilines is 2. The molecule has 2 aromatic heterocycles. The molecule has 4 aromatic rings. The van der Waals surface area contributed by atoms with Crippen molar-refractivity contribution in [3.05, 3.63) is 61.1 Å². The Balaban J connectivity index is 1.49. The standard InChI is InChI=1S/C24H22N4O5/c29-17-12-33-24(21(17)30)28-11-16(14-4-2-1-3-5-14)20-22(25-13-26-23(20)28)27-15-6-7-18-19(10-15)32-9-8-31-18/h1-7,10-11,13,17,21,24,29-30H,8-9,12H2,(H,25,26,27)/t17-,21-,24-/m1/s1. The fourth-order valence-corrected chi connectivity index (χ4v) is 4.30. The average Bonchev–Trinajstić information content (AvgIpc) is 3.40. The Morgan fingerprint density at radius 2 is 1.79 bits per heavy atom. The maximum atomic E-state index is 10.5. The summed E-state index contributed by atoms with van der Waals surface area (Å²) in [5.41, 5.74) is 3.22. The van der Waals surface area contributed by atoms with E-state index in [9.17, 15) is 10.2 Å². The molecule has 0 radical (unpaired) electrons. The molecule has 9 heteroatoms. The lowest BCUT2D eigenvalue weighted by molar-refractivity contribution is -0.0159. The molecule has 168 valence electrons. The molecule has 0 amide bonds. The fraction of sp³-hybridized carbons (Fsp3) is 0.250. The summed E-state index contributed by atoms with van der Waals surface area (Å²) < 4.78 is 18.8. The average molecular weight is 446 g/mol. The van der Waals surface area contributed by atoms with E-state index < -0.39 is 18.4 Å². The van der Waals surface area contributed by atoms with E-state index in [0.717, 1.165) is 22.2 Å². The monoisotopic (exact) mass is 446 g/mol. The molecule has 2 aromatic carbocycles. The summed E-state index contributed by atoms with van der Waals surface area (Å²) in [5.74, 6) is 1.98. The highest BCUT2D eigenvalue weighted by atomic mass is 16.6. The maximum Gasteiger partial charge on any atom is 0.164 e. The molecule has 0 aliphatic carbocycles. The highest BCUT2D eigenvalue weighted by Crippen LogP contribution is 2.39. The van der Waals surface area contributed by atoms with Crippen molar-refractivity contribution < 1.29 is 24.4 Å². The van der Waals surface area contributed by atoms with Gasteiger partial charge in [0.25, 0.3) is 0 Å². The second-order valence-electron chi connectivity index (χ2n) is 8.00. The van der Waals surface area contributed by atoms with Crippen LogP contribution in [0.2, 0.25) is 0 Å². The van der Waals surface area contributed by atoms with Crippen molar-refractivity contribution in [3.63, 3.8) is 0 Å². The molecule has 0 saturated carbocycles. The van der Waals surface area contributed by atoms with Gasteiger partial charge in [-0.15, -0.1) is 0 Å². The predicted octanol–water partition coefficient (Wildman–Crippen LogP) is 2.86. The van der Waals surface area contributed by atoms with Gasteiger partial charge in [-0.2, -0.15) is 0 Å². The van der Waals surface area contributed by atoms with Crippen LogP contribution in [0.1, 0.15) is 6.23 Å². The molecule has 0 bridgehead atoms. The fourth-order valence-electron chi connectivity index (χ4n) is 4.30. The molecular formula is C24H22N4O5. The first-order valence-electron chi connectivity index (χ1n) is 10.7. The van der Waals surface area contributed by atoms with Crippen LogP contribution in [0.3, 0.4) is 0 Å². The van der Waals surface area contributed by atoms with E-state index in [4.69, 9.17) is 14.2 Å². The molecule has 2 aliphatic heterocycles. The lowest BCUT2D eigenvalue weighted by Gasteiger charge is -2.19. The van der Waals surface area contributed by atoms with Crippen molar-refractivity contribution in [1.29, 1.82) is 0 Å². The molecule has 1 saturated heterocycles. The van der Waals surface area contributed by atoms with Crippen LogP contribution in [0.4, 0.5) is 11.5 Å². The number of aromatic nitrogens is 3. The van der Waals surface area contributed by atoms with E-state index in [1.807, 2.05) is 54.7 Å². The number of benzene rings is 2. The van der Waals surface area contributed by atoms with Gasteiger partial charge in [0.05, 0.1) is 12.0 Å². The van der Waals surface area contributed by atoms with Crippen LogP contribution in [0.15, 0.2) is 61.1 Å². The zero-order valence-electron chi connectivity index (χ0n) is 17.6. The molecule has 2 aliphatic rings. The van der Waals surface area contributed by atoms with E-state index in [1.54, 1.807) is 4.57 Å². The minimum Gasteiger partial charge on any atom is -0.486 e. The minimum atomic E-state index is -1.06. The third kappa shape index (κ3) is 3.46. The van der Waals surface area contributed by atoms with Gasteiger partial charge in [0.2, 0.25) is 0 Å². The Morgan fingerprint density at radius 3 is 2.58 bits per heavy atom. The highest BCUT2D eigenvalue weighted by molar-refractivity contribution is 6.02. The van der Waals surface area contributed by atoms with Crippen LogP contribution in [-0.2, 0) is 4.74 Å². The van der Waals surface area contributed by atoms with Crippen LogP contribution in [0.25, 0.3) is 22.2 Å². The Morgan fingerprint density at radius 1 is 0.970 bits per heavy atom. The number of nitrogens with one attached hydrogen (secondary N) is 1. The number of hydrogen-bond donors (Lipinski definition) is 3. The number of aliphatic hydroxyl groups is 2. The largest absolute Gasteiger partial charge is 0.486 e. The molecule has 9 nitrogen and oxygen atoms in total. The third-order valence-electron chi connectivity index (χ3n) is 5.90. The SMILES string of the molecule is O[C@@H]1[C@H](O)CO[C@H]1n1cc(-c2ccccc2)c2c(Nc3ccc4c(c3)OCCO4)ncnc21. The third-order valence-corrected chi connectivity index (χ3v) is 5.90. The first-order chi connectivity index (χ1) is 16.2. The van der Waals surface area contributed by atoms with Gasteiger partial charge < -0.3 is 34.3 Å². The Labute approximate surface area is 189 Å². The molecule has 3 atom stereocenters. The van der Waals surface area contributed by atoms with Gasteiger partial charge in [0, 0.05) is 23.5 Å². The van der Waals surface area contributed by atoms with Crippen LogP contribution in [0, 0.1) is 0 Å². The van der Waals surface area contributed by atoms with Crippen molar-refractivity contribution >= 4 is 22.5 Å². The van der Waals surface area contributed by atoms with E-state index >= 15 is 0 Å². The first-order valence-corrected chi connectivity index (χ1v) is 10.7. The van der Waals surface area contributed by atoms with E-state index in [-0.39, 0.29) is 6.61 Å². The zero-order valence-corrected chi connectivity index (χ0v) is 17.6. The van der Waals surface area contributed by atoms with E-state index in [2.05, 4.69) is 15.3 Å². The van der Waals surface area contributed by atoms with Crippen molar-refractivity contribution in [2.45, 2.75) is 18.4 Å². The van der Waals surface area contributed by atoms with Crippen LogP contribution < -0.4 is 14.8 Å². The minimum absolute atomic E-state index is 0.0551. The molecule has 1 fully saturated rings. The topological polar surface area (TPSA) is 111 Å². The van der Waals surface area contributed by atoms with Gasteiger partial charge in [-0.1, -0.05) is 30.3 Å². The summed E-state index contributed by atoms with van der Waals surface area (Å²) in [6.07, 6.45) is 0.580. The van der Waals surface area contributed by atoms with Gasteiger partial charge in [-0.25, -0.2) is 9.97 Å². The van der Waals surface area contributed by atoms with Gasteiger partial charge >= 0.3 is 0 Å². The maximum absolute atomic E-state index is 10.5. The Bertz CT molecular complexity index is 1310. The van der Waals surface area contributed by atoms with Gasteiger partial charge in [0.15, 0.2) is 17.7 Å². The summed E-state index contributed by atoms with van der Waals surface area (Å²) in [6, 6.07) is 15.5. The molecule has 33 heavy (non-hydrogen) atoms. The summed E-state index contributed by atoms with van der Waals surface area (Å²) >= 11 is 0. The summed E-state index contributed by atoms with van der Waals surface area (Å²) in [7, 11) is 0. The Hall–Kier alpha value is -3.66. The normalized spacial score (nSPS) is 21.9. The van der Waals surface area contributed by atoms with Crippen molar-refractivity contribution in [2.24, 2.45) is 0 Å². The number of aliphatic hydroxyl groups excluding tert-OH is 2. The van der Waals surface area contributed by atoms with Crippen molar-refractivity contribution in [3.8, 4) is 22.6 Å². The summed E-state index contributed by atoms with van der Waals surface area (Å²) in [5, 5.41) is 24.7. The molecule has 6 rings (SSSR count). The molecular weight excluding hydrogens is 424 g/mol. The van der Waals surface area contributed by atoms with Gasteiger partial charge in [0.1, 0.15) is 43.2 Å². The predicted molar refractivity (Wildman–Crippen MR) is 121 cm³/mol. The lowest BCUT2D eigenvalue weighted by atomic mass is 10.1. The number of rotatable bonds is 4. The molecule has 0 unspecified atom stereocenters.